The van der Waals surface area contributed by atoms with E-state index < -0.39 is 0 Å². The fraction of sp³-hybridized carbons (Fsp3) is 0. The van der Waals surface area contributed by atoms with Gasteiger partial charge in [0.2, 0.25) is 0 Å². The summed E-state index contributed by atoms with van der Waals surface area (Å²) in [7, 11) is 0. The van der Waals surface area contributed by atoms with E-state index in [-0.39, 0.29) is 0 Å². The Kier molecular flexibility index (Phi) is 7.10. The Bertz CT molecular complexity index is 2640. The van der Waals surface area contributed by atoms with Gasteiger partial charge in [0, 0.05) is 47.0 Å². The largest absolute Gasteiger partial charge is 0.264 e. The summed E-state index contributed by atoms with van der Waals surface area (Å²) in [6, 6.07) is 55.7. The number of hydrogen-bond donors (Lipinski definition) is 0. The third-order valence-corrected chi connectivity index (χ3v) is 10.0. The van der Waals surface area contributed by atoms with Crippen LogP contribution in [0.4, 0.5) is 0 Å². The minimum atomic E-state index is 0.900. The van der Waals surface area contributed by atoms with Crippen LogP contribution in [0.3, 0.4) is 0 Å². The van der Waals surface area contributed by atoms with Crippen molar-refractivity contribution >= 4 is 43.1 Å². The zero-order valence-corrected chi connectivity index (χ0v) is 28.1. The molecule has 0 aliphatic carbocycles. The Morgan fingerprint density at radius 3 is 0.865 bits per heavy atom. The number of pyridine rings is 4. The zero-order valence-electron chi connectivity index (χ0n) is 28.1. The van der Waals surface area contributed by atoms with Gasteiger partial charge in [-0.1, -0.05) is 109 Å². The topological polar surface area (TPSA) is 51.6 Å². The standard InChI is InChI=1S/C48H30N4/c1-5-19-37-33(15-1)45(43-25-9-23-41(51-43)31-13-11-27-49-29-31)34-16-2-6-20-38(34)47(37)48-39-21-7-3-17-35(39)46(36-18-4-8-22-40(36)48)44-26-10-24-42(52-44)32-14-12-28-50-30-32/h1-30H. The Hall–Kier alpha value is -7.04. The first-order chi connectivity index (χ1) is 25.8. The third-order valence-electron chi connectivity index (χ3n) is 10.0. The summed E-state index contributed by atoms with van der Waals surface area (Å²) < 4.78 is 0. The highest BCUT2D eigenvalue weighted by Crippen LogP contribution is 2.49. The van der Waals surface area contributed by atoms with Gasteiger partial charge in [-0.3, -0.25) is 9.97 Å². The van der Waals surface area contributed by atoms with Crippen LogP contribution >= 0.6 is 0 Å². The Labute approximate surface area is 300 Å². The van der Waals surface area contributed by atoms with Crippen molar-refractivity contribution in [3.05, 3.63) is 183 Å². The van der Waals surface area contributed by atoms with Crippen molar-refractivity contribution < 1.29 is 0 Å². The van der Waals surface area contributed by atoms with Gasteiger partial charge in [0.15, 0.2) is 0 Å². The van der Waals surface area contributed by atoms with Gasteiger partial charge in [0.05, 0.1) is 22.8 Å². The molecule has 4 nitrogen and oxygen atoms in total. The van der Waals surface area contributed by atoms with Crippen molar-refractivity contribution in [1.29, 1.82) is 0 Å². The average molecular weight is 663 g/mol. The van der Waals surface area contributed by atoms with E-state index in [1.807, 2.05) is 24.5 Å². The maximum absolute atomic E-state index is 5.24. The highest BCUT2D eigenvalue weighted by molar-refractivity contribution is 6.29. The molecule has 10 aromatic rings. The highest BCUT2D eigenvalue weighted by Gasteiger charge is 2.23. The first-order valence-corrected chi connectivity index (χ1v) is 17.5. The van der Waals surface area contributed by atoms with Crippen LogP contribution in [0.2, 0.25) is 0 Å². The third kappa shape index (κ3) is 4.84. The SMILES string of the molecule is c1cncc(-c2cccc(-c3c4ccccc4c(-c4c5ccccc5c(-c5cccc(-c6cccnc6)n5)c5ccccc45)c4ccccc34)n2)c1. The molecule has 0 unspecified atom stereocenters. The molecule has 4 aromatic heterocycles. The monoisotopic (exact) mass is 662 g/mol. The average Bonchev–Trinajstić information content (AvgIpc) is 3.23. The van der Waals surface area contributed by atoms with E-state index in [0.717, 1.165) is 66.6 Å². The first kappa shape index (κ1) is 29.8. The summed E-state index contributed by atoms with van der Waals surface area (Å²) in [5.41, 5.74) is 10.3. The van der Waals surface area contributed by atoms with Crippen molar-refractivity contribution in [3.8, 4) is 56.2 Å². The van der Waals surface area contributed by atoms with Crippen LogP contribution in [0.25, 0.3) is 99.2 Å². The van der Waals surface area contributed by atoms with Crippen molar-refractivity contribution in [2.75, 3.05) is 0 Å². The fourth-order valence-electron chi connectivity index (χ4n) is 7.85. The fourth-order valence-corrected chi connectivity index (χ4v) is 7.85. The quantitative estimate of drug-likeness (QED) is 0.172. The lowest BCUT2D eigenvalue weighted by molar-refractivity contribution is 1.28. The molecule has 4 heterocycles. The summed E-state index contributed by atoms with van der Waals surface area (Å²) in [5, 5.41) is 9.39. The second-order valence-corrected chi connectivity index (χ2v) is 13.0. The van der Waals surface area contributed by atoms with Crippen LogP contribution in [0, 0.1) is 0 Å². The molecule has 0 N–H and O–H groups in total. The van der Waals surface area contributed by atoms with Gasteiger partial charge < -0.3 is 0 Å². The number of aromatic nitrogens is 4. The predicted octanol–water partition coefficient (Wildman–Crippen LogP) is 12.2. The van der Waals surface area contributed by atoms with Crippen LogP contribution < -0.4 is 0 Å². The Morgan fingerprint density at radius 1 is 0.250 bits per heavy atom. The maximum atomic E-state index is 5.24. The van der Waals surface area contributed by atoms with Crippen molar-refractivity contribution in [2.24, 2.45) is 0 Å². The van der Waals surface area contributed by atoms with Gasteiger partial charge in [-0.15, -0.1) is 0 Å². The van der Waals surface area contributed by atoms with E-state index in [0.29, 0.717) is 0 Å². The van der Waals surface area contributed by atoms with Crippen LogP contribution in [0.1, 0.15) is 0 Å². The first-order valence-electron chi connectivity index (χ1n) is 17.5. The summed E-state index contributed by atoms with van der Waals surface area (Å²) in [6.07, 6.45) is 7.33. The number of fused-ring (bicyclic) bond motifs is 4. The zero-order chi connectivity index (χ0) is 34.4. The molecule has 0 bridgehead atoms. The lowest BCUT2D eigenvalue weighted by Gasteiger charge is -2.22. The normalized spacial score (nSPS) is 11.5. The smallest absolute Gasteiger partial charge is 0.0725 e. The van der Waals surface area contributed by atoms with Crippen molar-refractivity contribution in [2.45, 2.75) is 0 Å². The van der Waals surface area contributed by atoms with E-state index in [2.05, 4.69) is 156 Å². The lowest BCUT2D eigenvalue weighted by atomic mass is 9.82. The van der Waals surface area contributed by atoms with Gasteiger partial charge in [-0.25, -0.2) is 9.97 Å². The summed E-state index contributed by atoms with van der Waals surface area (Å²) in [5.74, 6) is 0. The lowest BCUT2D eigenvalue weighted by Crippen LogP contribution is -1.96. The minimum Gasteiger partial charge on any atom is -0.264 e. The van der Waals surface area contributed by atoms with E-state index in [4.69, 9.17) is 9.97 Å². The molecule has 10 rings (SSSR count). The molecular weight excluding hydrogens is 633 g/mol. The van der Waals surface area contributed by atoms with E-state index in [9.17, 15) is 0 Å². The van der Waals surface area contributed by atoms with Crippen LogP contribution in [-0.2, 0) is 0 Å². The van der Waals surface area contributed by atoms with Gasteiger partial charge in [0.1, 0.15) is 0 Å². The molecule has 0 saturated carbocycles. The predicted molar refractivity (Wildman–Crippen MR) is 215 cm³/mol. The Balaban J connectivity index is 1.30. The summed E-state index contributed by atoms with van der Waals surface area (Å²) >= 11 is 0. The van der Waals surface area contributed by atoms with Crippen LogP contribution in [0.5, 0.6) is 0 Å². The van der Waals surface area contributed by atoms with Crippen LogP contribution in [-0.4, -0.2) is 19.9 Å². The van der Waals surface area contributed by atoms with Gasteiger partial charge in [-0.05, 0) is 103 Å². The van der Waals surface area contributed by atoms with Gasteiger partial charge in [0.25, 0.3) is 0 Å². The van der Waals surface area contributed by atoms with E-state index in [1.165, 1.54) is 32.7 Å². The molecule has 0 saturated heterocycles. The van der Waals surface area contributed by atoms with Crippen molar-refractivity contribution in [3.63, 3.8) is 0 Å². The molecule has 0 aliphatic rings. The number of benzene rings is 6. The molecule has 6 aromatic carbocycles. The molecular formula is C48H30N4. The molecule has 0 atom stereocenters. The molecule has 0 radical (unpaired) electrons. The second kappa shape index (κ2) is 12.4. The molecule has 52 heavy (non-hydrogen) atoms. The summed E-state index contributed by atoms with van der Waals surface area (Å²) in [6.45, 7) is 0. The molecule has 0 spiro atoms. The molecule has 0 aliphatic heterocycles. The minimum absolute atomic E-state index is 0.900. The maximum Gasteiger partial charge on any atom is 0.0725 e. The molecule has 0 fully saturated rings. The number of hydrogen-bond acceptors (Lipinski definition) is 4. The molecule has 242 valence electrons. The van der Waals surface area contributed by atoms with Crippen LogP contribution in [0.15, 0.2) is 183 Å². The Morgan fingerprint density at radius 2 is 0.558 bits per heavy atom. The van der Waals surface area contributed by atoms with Gasteiger partial charge in [-0.2, -0.15) is 0 Å². The molecule has 0 amide bonds. The van der Waals surface area contributed by atoms with E-state index >= 15 is 0 Å². The highest BCUT2D eigenvalue weighted by atomic mass is 14.7. The van der Waals surface area contributed by atoms with E-state index in [1.54, 1.807) is 12.4 Å². The summed E-state index contributed by atoms with van der Waals surface area (Å²) in [4.78, 5) is 19.2. The second-order valence-electron chi connectivity index (χ2n) is 13.0. The van der Waals surface area contributed by atoms with Gasteiger partial charge >= 0.3 is 0 Å². The number of rotatable bonds is 5. The number of nitrogens with zero attached hydrogens (tertiary/aromatic N) is 4. The molecule has 4 heteroatoms. The van der Waals surface area contributed by atoms with Crippen molar-refractivity contribution in [1.82, 2.24) is 19.9 Å².